The fraction of sp³-hybridized carbons (Fsp3) is 0.842. The average Bonchev–Trinajstić information content (AvgIpc) is 2.79. The minimum Gasteiger partial charge on any atom is -0.435 e. The molecular weight excluding hydrogens is 324 g/mol. The van der Waals surface area contributed by atoms with E-state index in [0.29, 0.717) is 11.8 Å². The molecule has 5 rings (SSSR count). The van der Waals surface area contributed by atoms with Crippen molar-refractivity contribution in [1.29, 1.82) is 0 Å². The van der Waals surface area contributed by atoms with Crippen LogP contribution in [0, 0.1) is 23.7 Å². The Morgan fingerprint density at radius 2 is 2.04 bits per heavy atom. The monoisotopic (exact) mass is 352 g/mol. The first-order valence-corrected chi connectivity index (χ1v) is 9.40. The van der Waals surface area contributed by atoms with Gasteiger partial charge in [-0.3, -0.25) is 4.79 Å². The van der Waals surface area contributed by atoms with Gasteiger partial charge in [-0.1, -0.05) is 19.9 Å². The smallest absolute Gasteiger partial charge is 0.311 e. The van der Waals surface area contributed by atoms with Gasteiger partial charge in [-0.2, -0.15) is 0 Å². The summed E-state index contributed by atoms with van der Waals surface area (Å²) in [4.78, 5) is 23.8. The molecule has 5 aliphatic rings. The maximum atomic E-state index is 12.0. The van der Waals surface area contributed by atoms with E-state index in [9.17, 15) is 4.79 Å². The molecule has 1 aliphatic carbocycles. The lowest BCUT2D eigenvalue weighted by molar-refractivity contribution is -0.576. The first-order chi connectivity index (χ1) is 11.9. The highest BCUT2D eigenvalue weighted by molar-refractivity contribution is 5.71. The molecule has 0 aromatic heterocycles. The molecule has 140 valence electrons. The van der Waals surface area contributed by atoms with Crippen LogP contribution >= 0.6 is 0 Å². The third kappa shape index (κ3) is 2.57. The largest absolute Gasteiger partial charge is 0.435 e. The highest BCUT2D eigenvalue weighted by Gasteiger charge is 2.69. The van der Waals surface area contributed by atoms with E-state index in [0.717, 1.165) is 25.7 Å². The molecule has 0 N–H and O–H groups in total. The summed E-state index contributed by atoms with van der Waals surface area (Å²) in [6, 6.07) is 0. The average molecular weight is 352 g/mol. The van der Waals surface area contributed by atoms with Crippen molar-refractivity contribution in [3.8, 4) is 0 Å². The van der Waals surface area contributed by atoms with E-state index >= 15 is 0 Å². The molecular formula is C19H28O6. The van der Waals surface area contributed by atoms with Crippen LogP contribution in [-0.4, -0.2) is 29.9 Å². The highest BCUT2D eigenvalue weighted by atomic mass is 17.3. The van der Waals surface area contributed by atoms with Gasteiger partial charge in [0, 0.05) is 18.3 Å². The topological polar surface area (TPSA) is 63.2 Å². The van der Waals surface area contributed by atoms with Gasteiger partial charge in [0.1, 0.15) is 0 Å². The summed E-state index contributed by atoms with van der Waals surface area (Å²) in [6.07, 6.45) is 4.37. The molecule has 1 saturated carbocycles. The molecule has 0 aromatic rings. The van der Waals surface area contributed by atoms with Gasteiger partial charge < -0.3 is 14.2 Å². The number of hydrogen-bond acceptors (Lipinski definition) is 6. The zero-order valence-corrected chi connectivity index (χ0v) is 15.2. The lowest BCUT2D eigenvalue weighted by Crippen LogP contribution is -2.70. The molecule has 4 aliphatic heterocycles. The van der Waals surface area contributed by atoms with Crippen LogP contribution in [0.15, 0.2) is 12.7 Å². The Balaban J connectivity index is 1.67. The van der Waals surface area contributed by atoms with Crippen LogP contribution in [0.3, 0.4) is 0 Å². The van der Waals surface area contributed by atoms with Crippen LogP contribution < -0.4 is 0 Å². The van der Waals surface area contributed by atoms with Crippen molar-refractivity contribution in [3.05, 3.63) is 12.7 Å². The van der Waals surface area contributed by atoms with Crippen molar-refractivity contribution >= 4 is 5.97 Å². The number of rotatable bonds is 3. The van der Waals surface area contributed by atoms with Crippen LogP contribution in [0.1, 0.15) is 52.9 Å². The van der Waals surface area contributed by atoms with Crippen LogP contribution in [0.5, 0.6) is 0 Å². The SMILES string of the molecule is C=CCC(=O)O[C@@H]1O[C@@H]2O[C@@]3(C)CC[C@@H]4[C@H](C)CC[C@@H]([C@@H]1C)[C@@]24OO3. The van der Waals surface area contributed by atoms with E-state index in [4.69, 9.17) is 24.0 Å². The van der Waals surface area contributed by atoms with E-state index < -0.39 is 24.0 Å². The van der Waals surface area contributed by atoms with Gasteiger partial charge in [0.05, 0.1) is 6.42 Å². The molecule has 0 aromatic carbocycles. The molecule has 8 atom stereocenters. The van der Waals surface area contributed by atoms with Gasteiger partial charge in [-0.15, -0.1) is 6.58 Å². The Hall–Kier alpha value is -0.950. The maximum Gasteiger partial charge on any atom is 0.311 e. The normalized spacial score (nSPS) is 51.3. The molecule has 6 nitrogen and oxygen atoms in total. The molecule has 25 heavy (non-hydrogen) atoms. The second kappa shape index (κ2) is 6.05. The summed E-state index contributed by atoms with van der Waals surface area (Å²) in [7, 11) is 0. The van der Waals surface area contributed by atoms with Crippen LogP contribution in [0.4, 0.5) is 0 Å². The summed E-state index contributed by atoms with van der Waals surface area (Å²) in [5.74, 6) is -0.139. The Bertz CT molecular complexity index is 564. The lowest BCUT2D eigenvalue weighted by atomic mass is 9.58. The first kappa shape index (κ1) is 17.5. The molecule has 4 heterocycles. The van der Waals surface area contributed by atoms with Crippen LogP contribution in [-0.2, 0) is 28.8 Å². The van der Waals surface area contributed by atoms with Crippen molar-refractivity contribution in [2.75, 3.05) is 0 Å². The van der Waals surface area contributed by atoms with E-state index in [2.05, 4.69) is 20.4 Å². The Morgan fingerprint density at radius 3 is 2.80 bits per heavy atom. The van der Waals surface area contributed by atoms with Gasteiger partial charge in [0.15, 0.2) is 11.9 Å². The maximum absolute atomic E-state index is 12.0. The minimum absolute atomic E-state index is 0.00896. The van der Waals surface area contributed by atoms with E-state index in [1.807, 2.05) is 6.92 Å². The zero-order valence-electron chi connectivity index (χ0n) is 15.2. The van der Waals surface area contributed by atoms with Gasteiger partial charge in [-0.05, 0) is 38.0 Å². The second-order valence-electron chi connectivity index (χ2n) is 8.26. The summed E-state index contributed by atoms with van der Waals surface area (Å²) >= 11 is 0. The highest BCUT2D eigenvalue weighted by Crippen LogP contribution is 2.60. The fourth-order valence-electron chi connectivity index (χ4n) is 5.30. The lowest BCUT2D eigenvalue weighted by Gasteiger charge is -2.59. The molecule has 0 unspecified atom stereocenters. The zero-order chi connectivity index (χ0) is 17.8. The van der Waals surface area contributed by atoms with Gasteiger partial charge in [0.25, 0.3) is 0 Å². The molecule has 2 bridgehead atoms. The molecule has 4 saturated heterocycles. The van der Waals surface area contributed by atoms with Crippen molar-refractivity contribution in [3.63, 3.8) is 0 Å². The predicted molar refractivity (Wildman–Crippen MR) is 87.7 cm³/mol. The number of esters is 1. The molecule has 1 spiro atoms. The van der Waals surface area contributed by atoms with Crippen molar-refractivity contribution in [2.24, 2.45) is 23.7 Å². The minimum atomic E-state index is -0.812. The predicted octanol–water partition coefficient (Wildman–Crippen LogP) is 3.31. The van der Waals surface area contributed by atoms with Crippen molar-refractivity contribution < 1.29 is 28.8 Å². The van der Waals surface area contributed by atoms with Gasteiger partial charge >= 0.3 is 5.97 Å². The number of ether oxygens (including phenoxy) is 3. The second-order valence-corrected chi connectivity index (χ2v) is 8.26. The first-order valence-electron chi connectivity index (χ1n) is 9.40. The quantitative estimate of drug-likeness (QED) is 0.441. The third-order valence-corrected chi connectivity index (χ3v) is 6.66. The molecule has 0 amide bonds. The number of carbonyl (C=O) groups is 1. The standard InChI is InChI=1S/C19H28O6/c1-5-6-15(20)21-16-12(3)14-8-7-11(2)13-9-10-18(4)23-17(22-16)19(13,14)25-24-18/h5,11-14,16-17H,1,6-10H2,2-4H3/t11-,12+,13-,14+,16-,17-,18-,19-/m1/s1. The summed E-state index contributed by atoms with van der Waals surface area (Å²) < 4.78 is 18.0. The van der Waals surface area contributed by atoms with Gasteiger partial charge in [0.2, 0.25) is 12.1 Å². The Kier molecular flexibility index (Phi) is 4.22. The van der Waals surface area contributed by atoms with E-state index in [-0.39, 0.29) is 24.2 Å². The van der Waals surface area contributed by atoms with E-state index in [1.165, 1.54) is 6.08 Å². The molecule has 6 heteroatoms. The molecule has 5 fully saturated rings. The fourth-order valence-corrected chi connectivity index (χ4v) is 5.30. The molecule has 0 radical (unpaired) electrons. The van der Waals surface area contributed by atoms with Crippen molar-refractivity contribution in [2.45, 2.75) is 76.8 Å². The van der Waals surface area contributed by atoms with E-state index in [1.54, 1.807) is 0 Å². The summed E-state index contributed by atoms with van der Waals surface area (Å²) in [5.41, 5.74) is -0.617. The number of hydrogen-bond donors (Lipinski definition) is 0. The summed E-state index contributed by atoms with van der Waals surface area (Å²) in [5, 5.41) is 0. The Morgan fingerprint density at radius 1 is 1.24 bits per heavy atom. The number of fused-ring (bicyclic) bond motifs is 2. The van der Waals surface area contributed by atoms with Crippen molar-refractivity contribution in [1.82, 2.24) is 0 Å². The van der Waals surface area contributed by atoms with Gasteiger partial charge in [-0.25, -0.2) is 9.78 Å². The van der Waals surface area contributed by atoms with Crippen LogP contribution in [0.25, 0.3) is 0 Å². The third-order valence-electron chi connectivity index (χ3n) is 6.66. The number of carbonyl (C=O) groups excluding carboxylic acids is 1. The summed E-state index contributed by atoms with van der Waals surface area (Å²) in [6.45, 7) is 9.81. The Labute approximate surface area is 148 Å². The van der Waals surface area contributed by atoms with Crippen LogP contribution in [0.2, 0.25) is 0 Å².